The molecule has 0 amide bonds. The number of benzene rings is 1. The van der Waals surface area contributed by atoms with Crippen LogP contribution in [-0.2, 0) is 6.61 Å². The average molecular weight is 341 g/mol. The van der Waals surface area contributed by atoms with E-state index in [0.717, 1.165) is 4.47 Å². The molecule has 106 valence electrons. The number of nitrogen functional groups attached to an aromatic ring is 1. The van der Waals surface area contributed by atoms with Gasteiger partial charge in [-0.1, -0.05) is 6.07 Å². The number of nitrogens with two attached hydrogens (primary N) is 1. The fourth-order valence-corrected chi connectivity index (χ4v) is 2.18. The number of nitrogens with zero attached hydrogens (tertiary/aromatic N) is 1. The number of hydrogen-bond donors (Lipinski definition) is 2. The van der Waals surface area contributed by atoms with Gasteiger partial charge in [0.15, 0.2) is 11.6 Å². The molecule has 0 fully saturated rings. The van der Waals surface area contributed by atoms with Gasteiger partial charge in [0.2, 0.25) is 0 Å². The van der Waals surface area contributed by atoms with Crippen LogP contribution in [0.25, 0.3) is 0 Å². The van der Waals surface area contributed by atoms with E-state index in [-0.39, 0.29) is 18.2 Å². The number of ether oxygens (including phenoxy) is 1. The third kappa shape index (κ3) is 3.26. The summed E-state index contributed by atoms with van der Waals surface area (Å²) in [5.74, 6) is 0.273. The first kappa shape index (κ1) is 14.7. The first-order valence-corrected chi connectivity index (χ1v) is 6.77. The van der Waals surface area contributed by atoms with Crippen LogP contribution < -0.4 is 10.5 Å². The molecule has 20 heavy (non-hydrogen) atoms. The van der Waals surface area contributed by atoms with E-state index in [2.05, 4.69) is 20.9 Å². The minimum atomic E-state index is -0.466. The summed E-state index contributed by atoms with van der Waals surface area (Å²) in [5, 5.41) is 9.30. The highest BCUT2D eigenvalue weighted by Crippen LogP contribution is 2.30. The highest BCUT2D eigenvalue weighted by atomic mass is 79.9. The standard InChI is InChI=1S/C14H14BrFN2O2/c1-8(12-5-11(16)3-2-9(12)7-19)20-13-4-10(15)6-18-14(13)17/h2-6,8,19H,7H2,1H3,(H2,17,18)/t8-/m1/s1. The van der Waals surface area contributed by atoms with Crippen LogP contribution in [0.5, 0.6) is 5.75 Å². The Morgan fingerprint density at radius 1 is 1.45 bits per heavy atom. The lowest BCUT2D eigenvalue weighted by Gasteiger charge is -2.18. The molecule has 1 aromatic heterocycles. The van der Waals surface area contributed by atoms with Crippen LogP contribution in [0, 0.1) is 5.82 Å². The van der Waals surface area contributed by atoms with E-state index in [4.69, 9.17) is 10.5 Å². The van der Waals surface area contributed by atoms with Crippen LogP contribution in [0.3, 0.4) is 0 Å². The van der Waals surface area contributed by atoms with Gasteiger partial charge >= 0.3 is 0 Å². The third-order valence-corrected chi connectivity index (χ3v) is 3.30. The normalized spacial score (nSPS) is 12.2. The lowest BCUT2D eigenvalue weighted by molar-refractivity contribution is 0.219. The van der Waals surface area contributed by atoms with Crippen molar-refractivity contribution in [3.63, 3.8) is 0 Å². The SMILES string of the molecule is C[C@@H](Oc1cc(Br)cnc1N)c1cc(F)ccc1CO. The second kappa shape index (κ2) is 6.19. The molecule has 0 saturated heterocycles. The number of aromatic nitrogens is 1. The van der Waals surface area contributed by atoms with Gasteiger partial charge in [0.05, 0.1) is 6.61 Å². The predicted molar refractivity (Wildman–Crippen MR) is 77.7 cm³/mol. The molecule has 0 aliphatic rings. The Kier molecular flexibility index (Phi) is 4.57. The molecule has 0 bridgehead atoms. The van der Waals surface area contributed by atoms with Crippen LogP contribution in [-0.4, -0.2) is 10.1 Å². The maximum Gasteiger partial charge on any atom is 0.166 e. The predicted octanol–water partition coefficient (Wildman–Crippen LogP) is 3.20. The van der Waals surface area contributed by atoms with E-state index in [1.165, 1.54) is 18.2 Å². The Labute approximate surface area is 124 Å². The van der Waals surface area contributed by atoms with Crippen LogP contribution in [0.1, 0.15) is 24.2 Å². The number of pyridine rings is 1. The zero-order valence-corrected chi connectivity index (χ0v) is 12.4. The summed E-state index contributed by atoms with van der Waals surface area (Å²) in [5.41, 5.74) is 6.92. The molecule has 2 aromatic rings. The third-order valence-electron chi connectivity index (χ3n) is 2.87. The molecule has 1 heterocycles. The summed E-state index contributed by atoms with van der Waals surface area (Å²) in [7, 11) is 0. The van der Waals surface area contributed by atoms with E-state index < -0.39 is 6.10 Å². The van der Waals surface area contributed by atoms with E-state index >= 15 is 0 Å². The highest BCUT2D eigenvalue weighted by Gasteiger charge is 2.15. The molecule has 0 aliphatic carbocycles. The Hall–Kier alpha value is -1.66. The van der Waals surface area contributed by atoms with Gasteiger partial charge in [-0.25, -0.2) is 9.37 Å². The van der Waals surface area contributed by atoms with Gasteiger partial charge < -0.3 is 15.6 Å². The van der Waals surface area contributed by atoms with Crippen molar-refractivity contribution in [3.8, 4) is 5.75 Å². The fourth-order valence-electron chi connectivity index (χ4n) is 1.87. The minimum absolute atomic E-state index is 0.185. The summed E-state index contributed by atoms with van der Waals surface area (Å²) in [6, 6.07) is 5.87. The molecule has 1 aromatic carbocycles. The van der Waals surface area contributed by atoms with Crippen molar-refractivity contribution in [3.05, 3.63) is 51.9 Å². The molecule has 0 aliphatic heterocycles. The van der Waals surface area contributed by atoms with Crippen LogP contribution in [0.2, 0.25) is 0 Å². The number of aliphatic hydroxyl groups is 1. The van der Waals surface area contributed by atoms with Crippen molar-refractivity contribution < 1.29 is 14.2 Å². The van der Waals surface area contributed by atoms with Crippen molar-refractivity contribution in [1.29, 1.82) is 0 Å². The molecule has 2 rings (SSSR count). The van der Waals surface area contributed by atoms with Crippen molar-refractivity contribution in [2.24, 2.45) is 0 Å². The average Bonchev–Trinajstić information content (AvgIpc) is 2.42. The molecular formula is C14H14BrFN2O2. The first-order valence-electron chi connectivity index (χ1n) is 5.98. The van der Waals surface area contributed by atoms with E-state index in [1.807, 2.05) is 0 Å². The van der Waals surface area contributed by atoms with Crippen LogP contribution >= 0.6 is 15.9 Å². The molecule has 0 unspecified atom stereocenters. The molecule has 4 nitrogen and oxygen atoms in total. The van der Waals surface area contributed by atoms with Crippen molar-refractivity contribution in [1.82, 2.24) is 4.98 Å². The topological polar surface area (TPSA) is 68.4 Å². The molecule has 6 heteroatoms. The van der Waals surface area contributed by atoms with Gasteiger partial charge in [-0.3, -0.25) is 0 Å². The lowest BCUT2D eigenvalue weighted by Crippen LogP contribution is -2.09. The molecule has 1 atom stereocenters. The van der Waals surface area contributed by atoms with Gasteiger partial charge in [0, 0.05) is 16.2 Å². The van der Waals surface area contributed by atoms with Gasteiger partial charge in [-0.05, 0) is 46.6 Å². The van der Waals surface area contributed by atoms with Gasteiger partial charge in [0.25, 0.3) is 0 Å². The number of halogens is 2. The van der Waals surface area contributed by atoms with Gasteiger partial charge in [0.1, 0.15) is 11.9 Å². The van der Waals surface area contributed by atoms with Gasteiger partial charge in [-0.2, -0.15) is 0 Å². The quantitative estimate of drug-likeness (QED) is 0.896. The highest BCUT2D eigenvalue weighted by molar-refractivity contribution is 9.10. The maximum absolute atomic E-state index is 13.3. The van der Waals surface area contributed by atoms with Crippen molar-refractivity contribution in [2.45, 2.75) is 19.6 Å². The second-order valence-corrected chi connectivity index (χ2v) is 5.21. The van der Waals surface area contributed by atoms with Crippen LogP contribution in [0.4, 0.5) is 10.2 Å². The van der Waals surface area contributed by atoms with E-state index in [1.54, 1.807) is 19.2 Å². The van der Waals surface area contributed by atoms with Crippen molar-refractivity contribution >= 4 is 21.7 Å². The second-order valence-electron chi connectivity index (χ2n) is 4.30. The number of hydrogen-bond acceptors (Lipinski definition) is 4. The molecule has 0 radical (unpaired) electrons. The zero-order valence-electron chi connectivity index (χ0n) is 10.8. The lowest BCUT2D eigenvalue weighted by atomic mass is 10.0. The Bertz CT molecular complexity index is 622. The largest absolute Gasteiger partial charge is 0.482 e. The summed E-state index contributed by atoms with van der Waals surface area (Å²) in [6.45, 7) is 1.57. The molecular weight excluding hydrogens is 327 g/mol. The summed E-state index contributed by atoms with van der Waals surface area (Å²) >= 11 is 3.28. The van der Waals surface area contributed by atoms with Gasteiger partial charge in [-0.15, -0.1) is 0 Å². The number of rotatable bonds is 4. The molecule has 0 saturated carbocycles. The zero-order chi connectivity index (χ0) is 14.7. The molecule has 0 spiro atoms. The Balaban J connectivity index is 2.30. The molecule has 3 N–H and O–H groups in total. The summed E-state index contributed by atoms with van der Waals surface area (Å²) in [6.07, 6.45) is 1.10. The minimum Gasteiger partial charge on any atom is -0.482 e. The Morgan fingerprint density at radius 3 is 2.90 bits per heavy atom. The monoisotopic (exact) mass is 340 g/mol. The maximum atomic E-state index is 13.3. The summed E-state index contributed by atoms with van der Waals surface area (Å²) < 4.78 is 19.8. The summed E-state index contributed by atoms with van der Waals surface area (Å²) in [4.78, 5) is 3.97. The first-order chi connectivity index (χ1) is 9.51. The van der Waals surface area contributed by atoms with Crippen molar-refractivity contribution in [2.75, 3.05) is 5.73 Å². The number of anilines is 1. The van der Waals surface area contributed by atoms with E-state index in [0.29, 0.717) is 16.9 Å². The van der Waals surface area contributed by atoms with E-state index in [9.17, 15) is 9.50 Å². The number of aliphatic hydroxyl groups excluding tert-OH is 1. The van der Waals surface area contributed by atoms with Crippen LogP contribution in [0.15, 0.2) is 34.9 Å². The Morgan fingerprint density at radius 2 is 2.20 bits per heavy atom. The fraction of sp³-hybridized carbons (Fsp3) is 0.214. The smallest absolute Gasteiger partial charge is 0.166 e.